The van der Waals surface area contributed by atoms with Crippen molar-refractivity contribution in [2.24, 2.45) is 0 Å². The molecule has 1 amide bonds. The second-order valence-corrected chi connectivity index (χ2v) is 8.45. The Labute approximate surface area is 183 Å². The highest BCUT2D eigenvalue weighted by Crippen LogP contribution is 2.44. The molecule has 0 spiro atoms. The Balaban J connectivity index is 1.95. The quantitative estimate of drug-likeness (QED) is 0.512. The zero-order valence-corrected chi connectivity index (χ0v) is 18.6. The Hall–Kier alpha value is -3.33. The molecule has 1 aliphatic heterocycles. The molecule has 0 radical (unpaired) electrons. The molecular formula is C25H28FN3O2. The highest BCUT2D eigenvalue weighted by atomic mass is 19.1. The highest BCUT2D eigenvalue weighted by molar-refractivity contribution is 6.09. The van der Waals surface area contributed by atoms with Gasteiger partial charge in [-0.1, -0.05) is 13.0 Å². The third-order valence-corrected chi connectivity index (χ3v) is 5.81. The van der Waals surface area contributed by atoms with Gasteiger partial charge in [0.25, 0.3) is 5.91 Å². The summed E-state index contributed by atoms with van der Waals surface area (Å²) in [4.78, 5) is 14.8. The summed E-state index contributed by atoms with van der Waals surface area (Å²) in [6.45, 7) is 9.29. The van der Waals surface area contributed by atoms with Crippen LogP contribution in [0.15, 0.2) is 42.0 Å². The first-order valence-electron chi connectivity index (χ1n) is 10.4. The SMILES string of the molecule is CCN1c2cc(F)c(/C=C(\C#N)C(=O)Nc3cccc(OC)c3)cc2C(C)CC1(C)C. The molecule has 0 bridgehead atoms. The number of nitrogens with one attached hydrogen (secondary N) is 1. The van der Waals surface area contributed by atoms with E-state index in [1.165, 1.54) is 19.3 Å². The van der Waals surface area contributed by atoms with Crippen molar-refractivity contribution in [3.63, 3.8) is 0 Å². The zero-order valence-electron chi connectivity index (χ0n) is 18.6. The van der Waals surface area contributed by atoms with Crippen LogP contribution < -0.4 is 15.0 Å². The number of nitriles is 1. The Morgan fingerprint density at radius 1 is 1.39 bits per heavy atom. The largest absolute Gasteiger partial charge is 0.497 e. The molecule has 162 valence electrons. The number of halogens is 1. The summed E-state index contributed by atoms with van der Waals surface area (Å²) in [6, 6.07) is 12.0. The minimum atomic E-state index is -0.600. The molecule has 1 heterocycles. The van der Waals surface area contributed by atoms with Crippen LogP contribution in [0.1, 0.15) is 51.2 Å². The number of fused-ring (bicyclic) bond motifs is 1. The molecule has 1 atom stereocenters. The van der Waals surface area contributed by atoms with E-state index in [1.54, 1.807) is 30.3 Å². The molecular weight excluding hydrogens is 393 g/mol. The molecule has 0 aromatic heterocycles. The molecule has 31 heavy (non-hydrogen) atoms. The highest BCUT2D eigenvalue weighted by Gasteiger charge is 2.36. The normalized spacial score (nSPS) is 17.5. The van der Waals surface area contributed by atoms with Crippen molar-refractivity contribution in [2.75, 3.05) is 23.9 Å². The average Bonchev–Trinajstić information content (AvgIpc) is 2.72. The first kappa shape index (κ1) is 22.4. The number of benzene rings is 2. The van der Waals surface area contributed by atoms with Crippen molar-refractivity contribution in [3.05, 3.63) is 58.9 Å². The average molecular weight is 422 g/mol. The second-order valence-electron chi connectivity index (χ2n) is 8.45. The van der Waals surface area contributed by atoms with Gasteiger partial charge >= 0.3 is 0 Å². The monoisotopic (exact) mass is 421 g/mol. The van der Waals surface area contributed by atoms with Gasteiger partial charge in [-0.15, -0.1) is 0 Å². The number of anilines is 2. The summed E-state index contributed by atoms with van der Waals surface area (Å²) in [5.41, 5.74) is 2.39. The maximum Gasteiger partial charge on any atom is 0.266 e. The van der Waals surface area contributed by atoms with Crippen molar-refractivity contribution in [3.8, 4) is 11.8 Å². The smallest absolute Gasteiger partial charge is 0.266 e. The van der Waals surface area contributed by atoms with Crippen LogP contribution in [-0.2, 0) is 4.79 Å². The third-order valence-electron chi connectivity index (χ3n) is 5.81. The summed E-state index contributed by atoms with van der Waals surface area (Å²) in [6.07, 6.45) is 2.25. The molecule has 0 saturated heterocycles. The van der Waals surface area contributed by atoms with Gasteiger partial charge in [0, 0.05) is 35.1 Å². The molecule has 2 aromatic carbocycles. The minimum absolute atomic E-state index is 0.0700. The number of hydrogen-bond donors (Lipinski definition) is 1. The topological polar surface area (TPSA) is 65.4 Å². The number of carbonyl (C=O) groups excluding carboxylic acids is 1. The van der Waals surface area contributed by atoms with Gasteiger partial charge in [0.1, 0.15) is 23.2 Å². The maximum atomic E-state index is 15.0. The van der Waals surface area contributed by atoms with E-state index in [4.69, 9.17) is 4.74 Å². The van der Waals surface area contributed by atoms with E-state index in [0.29, 0.717) is 11.4 Å². The molecule has 1 N–H and O–H groups in total. The van der Waals surface area contributed by atoms with Crippen LogP contribution >= 0.6 is 0 Å². The zero-order chi connectivity index (χ0) is 22.8. The third kappa shape index (κ3) is 4.56. The minimum Gasteiger partial charge on any atom is -0.497 e. The van der Waals surface area contributed by atoms with Crippen LogP contribution in [0.3, 0.4) is 0 Å². The van der Waals surface area contributed by atoms with Crippen LogP contribution in [0.25, 0.3) is 6.08 Å². The van der Waals surface area contributed by atoms with Gasteiger partial charge < -0.3 is 15.0 Å². The van der Waals surface area contributed by atoms with E-state index in [1.807, 2.05) is 6.07 Å². The molecule has 2 aromatic rings. The fourth-order valence-corrected chi connectivity index (χ4v) is 4.43. The van der Waals surface area contributed by atoms with Crippen LogP contribution in [0, 0.1) is 17.1 Å². The van der Waals surface area contributed by atoms with Crippen molar-refractivity contribution in [1.29, 1.82) is 5.26 Å². The summed E-state index contributed by atoms with van der Waals surface area (Å²) < 4.78 is 20.2. The molecule has 6 heteroatoms. The second kappa shape index (κ2) is 8.81. The van der Waals surface area contributed by atoms with Crippen LogP contribution in [0.4, 0.5) is 15.8 Å². The van der Waals surface area contributed by atoms with E-state index in [0.717, 1.165) is 24.2 Å². The fraction of sp³-hybridized carbons (Fsp3) is 0.360. The van der Waals surface area contributed by atoms with Crippen molar-refractivity contribution >= 4 is 23.4 Å². The van der Waals surface area contributed by atoms with E-state index in [2.05, 4.69) is 37.9 Å². The first-order chi connectivity index (χ1) is 14.7. The Bertz CT molecular complexity index is 1070. The number of methoxy groups -OCH3 is 1. The molecule has 0 saturated carbocycles. The van der Waals surface area contributed by atoms with Gasteiger partial charge in [-0.2, -0.15) is 5.26 Å². The summed E-state index contributed by atoms with van der Waals surface area (Å²) in [7, 11) is 1.53. The van der Waals surface area contributed by atoms with E-state index < -0.39 is 11.7 Å². The van der Waals surface area contributed by atoms with Crippen molar-refractivity contribution in [1.82, 2.24) is 0 Å². The molecule has 0 aliphatic carbocycles. The molecule has 1 unspecified atom stereocenters. The lowest BCUT2D eigenvalue weighted by atomic mass is 9.79. The van der Waals surface area contributed by atoms with Gasteiger partial charge in [-0.05, 0) is 69.0 Å². The lowest BCUT2D eigenvalue weighted by Crippen LogP contribution is -2.48. The van der Waals surface area contributed by atoms with Crippen LogP contribution in [0.5, 0.6) is 5.75 Å². The van der Waals surface area contributed by atoms with E-state index in [-0.39, 0.29) is 22.6 Å². The molecule has 0 fully saturated rings. The van der Waals surface area contributed by atoms with Gasteiger partial charge in [-0.25, -0.2) is 4.39 Å². The van der Waals surface area contributed by atoms with Crippen LogP contribution in [-0.4, -0.2) is 25.1 Å². The molecule has 5 nitrogen and oxygen atoms in total. The van der Waals surface area contributed by atoms with E-state index in [9.17, 15) is 10.1 Å². The van der Waals surface area contributed by atoms with Gasteiger partial charge in [0.2, 0.25) is 0 Å². The van der Waals surface area contributed by atoms with E-state index >= 15 is 4.39 Å². The number of amides is 1. The fourth-order valence-electron chi connectivity index (χ4n) is 4.43. The number of rotatable bonds is 5. The lowest BCUT2D eigenvalue weighted by molar-refractivity contribution is -0.112. The van der Waals surface area contributed by atoms with Gasteiger partial charge in [0.15, 0.2) is 0 Å². The molecule has 1 aliphatic rings. The maximum absolute atomic E-state index is 15.0. The number of hydrogen-bond acceptors (Lipinski definition) is 4. The predicted molar refractivity (Wildman–Crippen MR) is 122 cm³/mol. The number of nitrogens with zero attached hydrogens (tertiary/aromatic N) is 2. The Morgan fingerprint density at radius 2 is 2.13 bits per heavy atom. The van der Waals surface area contributed by atoms with Gasteiger partial charge in [0.05, 0.1) is 7.11 Å². The summed E-state index contributed by atoms with van der Waals surface area (Å²) in [5.74, 6) is -0.239. The summed E-state index contributed by atoms with van der Waals surface area (Å²) >= 11 is 0. The predicted octanol–water partition coefficient (Wildman–Crippen LogP) is 5.49. The van der Waals surface area contributed by atoms with Gasteiger partial charge in [-0.3, -0.25) is 4.79 Å². The Kier molecular flexibility index (Phi) is 6.35. The van der Waals surface area contributed by atoms with Crippen molar-refractivity contribution in [2.45, 2.75) is 45.6 Å². The number of carbonyl (C=O) groups is 1. The lowest BCUT2D eigenvalue weighted by Gasteiger charge is -2.47. The first-order valence-corrected chi connectivity index (χ1v) is 10.4. The Morgan fingerprint density at radius 3 is 2.77 bits per heavy atom. The summed E-state index contributed by atoms with van der Waals surface area (Å²) in [5, 5.41) is 12.2. The van der Waals surface area contributed by atoms with Crippen LogP contribution in [0.2, 0.25) is 0 Å². The molecule has 3 rings (SSSR count). The van der Waals surface area contributed by atoms with Crippen molar-refractivity contribution < 1.29 is 13.9 Å². The standard InChI is InChI=1S/C25H28FN3O2/c1-6-29-23-13-22(26)17(11-21(23)16(2)14-25(29,3)4)10-18(15-27)24(30)28-19-8-7-9-20(12-19)31-5/h7-13,16H,6,14H2,1-5H3,(H,28,30)/b18-10+. The number of ether oxygens (including phenoxy) is 1.